The van der Waals surface area contributed by atoms with Crippen molar-refractivity contribution in [2.24, 2.45) is 0 Å². The Morgan fingerprint density at radius 2 is 2.00 bits per heavy atom. The maximum atomic E-state index is 9.25. The normalized spacial score (nSPS) is 13.4. The van der Waals surface area contributed by atoms with E-state index in [9.17, 15) is 5.26 Å². The maximum absolute atomic E-state index is 9.25. The van der Waals surface area contributed by atoms with E-state index < -0.39 is 0 Å². The van der Waals surface area contributed by atoms with E-state index in [0.29, 0.717) is 23.8 Å². The minimum absolute atomic E-state index is 0.586. The third kappa shape index (κ3) is 2.44. The first kappa shape index (κ1) is 13.5. The molecular formula is C18H14N4O. The van der Waals surface area contributed by atoms with E-state index in [1.54, 1.807) is 18.3 Å². The zero-order valence-electron chi connectivity index (χ0n) is 12.4. The zero-order valence-corrected chi connectivity index (χ0v) is 12.4. The van der Waals surface area contributed by atoms with Gasteiger partial charge in [0.05, 0.1) is 12.1 Å². The molecule has 0 aliphatic carbocycles. The Labute approximate surface area is 133 Å². The first-order valence-corrected chi connectivity index (χ1v) is 7.49. The lowest BCUT2D eigenvalue weighted by molar-refractivity contribution is 0.498. The summed E-state index contributed by atoms with van der Waals surface area (Å²) in [7, 11) is 0. The van der Waals surface area contributed by atoms with Gasteiger partial charge in [-0.3, -0.25) is 0 Å². The van der Waals surface area contributed by atoms with Gasteiger partial charge in [-0.2, -0.15) is 5.26 Å². The van der Waals surface area contributed by atoms with Crippen molar-refractivity contribution < 1.29 is 4.42 Å². The number of anilines is 1. The van der Waals surface area contributed by atoms with E-state index in [-0.39, 0.29) is 0 Å². The van der Waals surface area contributed by atoms with Crippen LogP contribution in [0.5, 0.6) is 0 Å². The lowest BCUT2D eigenvalue weighted by atomic mass is 10.1. The molecule has 0 bridgehead atoms. The third-order valence-corrected chi connectivity index (χ3v) is 3.96. The largest absolute Gasteiger partial charge is 0.441 e. The van der Waals surface area contributed by atoms with Crippen molar-refractivity contribution >= 4 is 5.82 Å². The van der Waals surface area contributed by atoms with Crippen LogP contribution < -0.4 is 4.90 Å². The quantitative estimate of drug-likeness (QED) is 0.727. The number of nitriles is 1. The number of nitrogens with zero attached hydrogens (tertiary/aromatic N) is 4. The van der Waals surface area contributed by atoms with Crippen LogP contribution in [0, 0.1) is 11.3 Å². The Bertz CT molecular complexity index is 880. The van der Waals surface area contributed by atoms with Crippen LogP contribution in [-0.2, 0) is 13.0 Å². The SMILES string of the molecule is N#Cc1cccnc1N1CCc2oc(-c3ccccc3)nc2C1. The molecular weight excluding hydrogens is 288 g/mol. The molecule has 0 radical (unpaired) electrons. The van der Waals surface area contributed by atoms with Crippen molar-refractivity contribution in [3.63, 3.8) is 0 Å². The van der Waals surface area contributed by atoms with E-state index in [0.717, 1.165) is 30.0 Å². The highest BCUT2D eigenvalue weighted by Crippen LogP contribution is 2.28. The number of aromatic nitrogens is 2. The molecule has 0 saturated carbocycles. The molecule has 0 fully saturated rings. The molecule has 5 heteroatoms. The van der Waals surface area contributed by atoms with Gasteiger partial charge >= 0.3 is 0 Å². The second kappa shape index (κ2) is 5.58. The summed E-state index contributed by atoms with van der Waals surface area (Å²) in [5.41, 5.74) is 2.48. The van der Waals surface area contributed by atoms with Crippen LogP contribution in [0.2, 0.25) is 0 Å². The van der Waals surface area contributed by atoms with Crippen molar-refractivity contribution in [3.8, 4) is 17.5 Å². The summed E-state index contributed by atoms with van der Waals surface area (Å²) in [6.45, 7) is 1.37. The number of oxazole rings is 1. The fourth-order valence-electron chi connectivity index (χ4n) is 2.82. The van der Waals surface area contributed by atoms with Crippen molar-refractivity contribution in [1.29, 1.82) is 5.26 Å². The lowest BCUT2D eigenvalue weighted by Gasteiger charge is -2.26. The van der Waals surface area contributed by atoms with Gasteiger partial charge in [-0.25, -0.2) is 9.97 Å². The summed E-state index contributed by atoms with van der Waals surface area (Å²) in [5, 5.41) is 9.25. The predicted molar refractivity (Wildman–Crippen MR) is 85.6 cm³/mol. The van der Waals surface area contributed by atoms with Crippen molar-refractivity contribution in [2.75, 3.05) is 11.4 Å². The van der Waals surface area contributed by atoms with Gasteiger partial charge in [0.2, 0.25) is 5.89 Å². The van der Waals surface area contributed by atoms with Crippen molar-refractivity contribution in [3.05, 3.63) is 65.7 Å². The van der Waals surface area contributed by atoms with Gasteiger partial charge in [0, 0.05) is 24.7 Å². The highest BCUT2D eigenvalue weighted by Gasteiger charge is 2.24. The van der Waals surface area contributed by atoms with Crippen LogP contribution in [0.1, 0.15) is 17.0 Å². The maximum Gasteiger partial charge on any atom is 0.226 e. The van der Waals surface area contributed by atoms with Crippen LogP contribution in [-0.4, -0.2) is 16.5 Å². The molecule has 23 heavy (non-hydrogen) atoms. The molecule has 3 aromatic rings. The molecule has 112 valence electrons. The summed E-state index contributed by atoms with van der Waals surface area (Å²) in [5.74, 6) is 2.29. The summed E-state index contributed by atoms with van der Waals surface area (Å²) in [4.78, 5) is 11.1. The number of hydrogen-bond acceptors (Lipinski definition) is 5. The monoisotopic (exact) mass is 302 g/mol. The summed E-state index contributed by atoms with van der Waals surface area (Å²) in [6, 6.07) is 15.7. The highest BCUT2D eigenvalue weighted by molar-refractivity contribution is 5.56. The Balaban J connectivity index is 1.65. The predicted octanol–water partition coefficient (Wildman–Crippen LogP) is 3.17. The molecule has 0 amide bonds. The van der Waals surface area contributed by atoms with Gasteiger partial charge in [0.25, 0.3) is 0 Å². The molecule has 4 rings (SSSR count). The standard InChI is InChI=1S/C18H14N4O/c19-11-14-7-4-9-20-17(14)22-10-8-16-15(12-22)21-18(23-16)13-5-2-1-3-6-13/h1-7,9H,8,10,12H2. The zero-order chi connectivity index (χ0) is 15.6. The summed E-state index contributed by atoms with van der Waals surface area (Å²) < 4.78 is 5.91. The number of pyridine rings is 1. The summed E-state index contributed by atoms with van der Waals surface area (Å²) in [6.07, 6.45) is 2.47. The van der Waals surface area contributed by atoms with Crippen molar-refractivity contribution in [2.45, 2.75) is 13.0 Å². The van der Waals surface area contributed by atoms with Crippen LogP contribution >= 0.6 is 0 Å². The van der Waals surface area contributed by atoms with Crippen LogP contribution in [0.15, 0.2) is 53.1 Å². The Kier molecular flexibility index (Phi) is 3.28. The molecule has 3 heterocycles. The van der Waals surface area contributed by atoms with Crippen LogP contribution in [0.25, 0.3) is 11.5 Å². The number of hydrogen-bond donors (Lipinski definition) is 0. The molecule has 0 spiro atoms. The molecule has 1 aliphatic heterocycles. The molecule has 0 unspecified atom stereocenters. The fourth-order valence-corrected chi connectivity index (χ4v) is 2.82. The molecule has 2 aromatic heterocycles. The van der Waals surface area contributed by atoms with E-state index >= 15 is 0 Å². The number of fused-ring (bicyclic) bond motifs is 1. The second-order valence-electron chi connectivity index (χ2n) is 5.41. The Morgan fingerprint density at radius 3 is 2.83 bits per heavy atom. The molecule has 1 aliphatic rings. The second-order valence-corrected chi connectivity index (χ2v) is 5.41. The number of benzene rings is 1. The molecule has 1 aromatic carbocycles. The van der Waals surface area contributed by atoms with Gasteiger partial charge in [0.15, 0.2) is 0 Å². The topological polar surface area (TPSA) is 66.0 Å². The molecule has 0 saturated heterocycles. The van der Waals surface area contributed by atoms with Gasteiger partial charge < -0.3 is 9.32 Å². The molecule has 5 nitrogen and oxygen atoms in total. The Hall–Kier alpha value is -3.13. The summed E-state index contributed by atoms with van der Waals surface area (Å²) >= 11 is 0. The average Bonchev–Trinajstić information content (AvgIpc) is 3.05. The van der Waals surface area contributed by atoms with E-state index in [2.05, 4.69) is 20.9 Å². The fraction of sp³-hybridized carbons (Fsp3) is 0.167. The first-order valence-electron chi connectivity index (χ1n) is 7.49. The van der Waals surface area contributed by atoms with Crippen LogP contribution in [0.4, 0.5) is 5.82 Å². The average molecular weight is 302 g/mol. The van der Waals surface area contributed by atoms with Gasteiger partial charge in [-0.1, -0.05) is 18.2 Å². The minimum atomic E-state index is 0.586. The first-order chi connectivity index (χ1) is 11.3. The van der Waals surface area contributed by atoms with Gasteiger partial charge in [-0.15, -0.1) is 0 Å². The van der Waals surface area contributed by atoms with Gasteiger partial charge in [-0.05, 0) is 24.3 Å². The minimum Gasteiger partial charge on any atom is -0.441 e. The molecule has 0 N–H and O–H groups in total. The van der Waals surface area contributed by atoms with Crippen molar-refractivity contribution in [1.82, 2.24) is 9.97 Å². The molecule has 0 atom stereocenters. The smallest absolute Gasteiger partial charge is 0.226 e. The Morgan fingerprint density at radius 1 is 1.13 bits per heavy atom. The van der Waals surface area contributed by atoms with E-state index in [4.69, 9.17) is 4.42 Å². The lowest BCUT2D eigenvalue weighted by Crippen LogP contribution is -2.31. The highest BCUT2D eigenvalue weighted by atomic mass is 16.4. The van der Waals surface area contributed by atoms with E-state index in [1.165, 1.54) is 0 Å². The van der Waals surface area contributed by atoms with Crippen LogP contribution in [0.3, 0.4) is 0 Å². The number of rotatable bonds is 2. The van der Waals surface area contributed by atoms with Gasteiger partial charge in [0.1, 0.15) is 23.3 Å². The van der Waals surface area contributed by atoms with E-state index in [1.807, 2.05) is 30.3 Å². The third-order valence-electron chi connectivity index (χ3n) is 3.96.